The number of non-ortho nitro benzene ring substituents is 1. The molecule has 8 heteroatoms. The van der Waals surface area contributed by atoms with Gasteiger partial charge in [-0.1, -0.05) is 84.0 Å². The van der Waals surface area contributed by atoms with Gasteiger partial charge < -0.3 is 14.9 Å². The molecule has 0 aromatic heterocycles. The van der Waals surface area contributed by atoms with Gasteiger partial charge in [0.25, 0.3) is 5.69 Å². The molecule has 0 bridgehead atoms. The summed E-state index contributed by atoms with van der Waals surface area (Å²) in [6.45, 7) is 2.26. The van der Waals surface area contributed by atoms with Crippen LogP contribution in [-0.4, -0.2) is 27.3 Å². The zero-order valence-corrected chi connectivity index (χ0v) is 18.6. The number of carboxylic acids is 1. The van der Waals surface area contributed by atoms with Gasteiger partial charge in [0.15, 0.2) is 0 Å². The monoisotopic (exact) mass is 439 g/mol. The molecule has 0 amide bonds. The van der Waals surface area contributed by atoms with Crippen LogP contribution in [-0.2, 0) is 4.79 Å². The van der Waals surface area contributed by atoms with Crippen molar-refractivity contribution >= 4 is 17.8 Å². The molecule has 0 heterocycles. The minimum Gasteiger partial charge on any atom is -0.481 e. The number of nitro groups is 1. The molecule has 0 atom stereocenters. The second-order valence-corrected chi connectivity index (χ2v) is 7.51. The van der Waals surface area contributed by atoms with Crippen LogP contribution in [0.5, 0.6) is 5.75 Å². The Labute approximate surface area is 184 Å². The summed E-state index contributed by atoms with van der Waals surface area (Å²) in [6.07, 6.45) is 15.8. The van der Waals surface area contributed by atoms with Gasteiger partial charge in [-0.3, -0.25) is 14.9 Å². The van der Waals surface area contributed by atoms with Crippen molar-refractivity contribution in [1.82, 2.24) is 0 Å². The first kappa shape index (κ1) is 28.4. The Bertz CT molecular complexity index is 617. The number of carbonyl (C=O) groups is 2. The van der Waals surface area contributed by atoms with Crippen molar-refractivity contribution in [3.8, 4) is 5.75 Å². The average Bonchev–Trinajstić information content (AvgIpc) is 2.71. The van der Waals surface area contributed by atoms with E-state index in [1.54, 1.807) is 0 Å². The summed E-state index contributed by atoms with van der Waals surface area (Å²) in [5.41, 5.74) is -0.113. The molecule has 176 valence electrons. The van der Waals surface area contributed by atoms with Gasteiger partial charge in [-0.15, -0.1) is 0 Å². The second-order valence-electron chi connectivity index (χ2n) is 7.51. The van der Waals surface area contributed by atoms with E-state index in [0.29, 0.717) is 6.42 Å². The maximum absolute atomic E-state index is 10.3. The Balaban J connectivity index is 0.000000609. The molecule has 0 saturated heterocycles. The zero-order valence-electron chi connectivity index (χ0n) is 18.6. The number of nitrogens with zero attached hydrogens (tertiary/aromatic N) is 1. The molecule has 0 aliphatic carbocycles. The highest BCUT2D eigenvalue weighted by molar-refractivity contribution is 5.66. The molecule has 0 aliphatic rings. The highest BCUT2D eigenvalue weighted by Crippen LogP contribution is 2.17. The van der Waals surface area contributed by atoms with Crippen molar-refractivity contribution < 1.29 is 29.5 Å². The van der Waals surface area contributed by atoms with E-state index in [4.69, 9.17) is 10.2 Å². The maximum Gasteiger partial charge on any atom is 0.511 e. The number of ether oxygens (including phenoxy) is 1. The smallest absolute Gasteiger partial charge is 0.481 e. The minimum atomic E-state index is -1.45. The first-order valence-corrected chi connectivity index (χ1v) is 11.2. The summed E-state index contributed by atoms with van der Waals surface area (Å²) in [6, 6.07) is 4.76. The van der Waals surface area contributed by atoms with E-state index >= 15 is 0 Å². The molecule has 0 radical (unpaired) electrons. The fraction of sp³-hybridized carbons (Fsp3) is 0.652. The van der Waals surface area contributed by atoms with Gasteiger partial charge in [-0.2, -0.15) is 0 Å². The van der Waals surface area contributed by atoms with Crippen LogP contribution in [0.3, 0.4) is 0 Å². The molecule has 0 spiro atoms. The number of hydrogen-bond donors (Lipinski definition) is 2. The highest BCUT2D eigenvalue weighted by atomic mass is 16.7. The van der Waals surface area contributed by atoms with E-state index in [1.807, 2.05) is 0 Å². The summed E-state index contributed by atoms with van der Waals surface area (Å²) >= 11 is 0. The standard InChI is InChI=1S/C16H32O2.C7H5NO5/c1-2-3-4-5-6-7-8-9-10-11-12-13-14-15-16(17)18;9-7(10)13-6-3-1-5(2-4-6)8(11)12/h2-15H2,1H3,(H,17,18);1-4H,(H,9,10). The fourth-order valence-electron chi connectivity index (χ4n) is 3.03. The largest absolute Gasteiger partial charge is 0.511 e. The number of rotatable bonds is 16. The van der Waals surface area contributed by atoms with Crippen LogP contribution in [0.4, 0.5) is 10.5 Å². The number of carboxylic acid groups (broad SMARTS) is 2. The van der Waals surface area contributed by atoms with Gasteiger partial charge in [0.05, 0.1) is 4.92 Å². The maximum atomic E-state index is 10.3. The van der Waals surface area contributed by atoms with E-state index < -0.39 is 17.0 Å². The molecule has 1 aromatic rings. The Hall–Kier alpha value is -2.64. The van der Waals surface area contributed by atoms with Gasteiger partial charge in [0.2, 0.25) is 0 Å². The number of aliphatic carboxylic acids is 1. The Kier molecular flexibility index (Phi) is 17.7. The molecule has 0 aliphatic heterocycles. The number of unbranched alkanes of at least 4 members (excludes halogenated alkanes) is 12. The van der Waals surface area contributed by atoms with E-state index in [0.717, 1.165) is 25.0 Å². The molecule has 1 rings (SSSR count). The Morgan fingerprint density at radius 3 is 1.58 bits per heavy atom. The molecular weight excluding hydrogens is 402 g/mol. The van der Waals surface area contributed by atoms with Crippen LogP contribution in [0, 0.1) is 10.1 Å². The van der Waals surface area contributed by atoms with Crippen molar-refractivity contribution in [2.75, 3.05) is 0 Å². The molecule has 2 N–H and O–H groups in total. The summed E-state index contributed by atoms with van der Waals surface area (Å²) in [7, 11) is 0. The minimum absolute atomic E-state index is 0.0538. The van der Waals surface area contributed by atoms with Crippen molar-refractivity contribution in [2.45, 2.75) is 96.8 Å². The molecule has 1 aromatic carbocycles. The molecule has 8 nitrogen and oxygen atoms in total. The molecule has 0 fully saturated rings. The van der Waals surface area contributed by atoms with E-state index in [1.165, 1.54) is 82.8 Å². The van der Waals surface area contributed by atoms with Crippen molar-refractivity contribution in [2.24, 2.45) is 0 Å². The third-order valence-electron chi connectivity index (χ3n) is 4.75. The average molecular weight is 440 g/mol. The van der Waals surface area contributed by atoms with Crippen LogP contribution in [0.1, 0.15) is 96.8 Å². The summed E-state index contributed by atoms with van der Waals surface area (Å²) in [5, 5.41) is 26.9. The van der Waals surface area contributed by atoms with Crippen LogP contribution in [0.2, 0.25) is 0 Å². The van der Waals surface area contributed by atoms with Gasteiger partial charge in [-0.05, 0) is 18.6 Å². The van der Waals surface area contributed by atoms with Gasteiger partial charge >= 0.3 is 12.1 Å². The predicted octanol–water partition coefficient (Wildman–Crippen LogP) is 7.20. The summed E-state index contributed by atoms with van der Waals surface area (Å²) in [5.74, 6) is -0.601. The number of hydrogen-bond acceptors (Lipinski definition) is 5. The third-order valence-corrected chi connectivity index (χ3v) is 4.75. The van der Waals surface area contributed by atoms with Crippen molar-refractivity contribution in [1.29, 1.82) is 0 Å². The van der Waals surface area contributed by atoms with Gasteiger partial charge in [0, 0.05) is 18.6 Å². The molecular formula is C23H37NO7. The number of benzene rings is 1. The molecule has 0 unspecified atom stereocenters. The van der Waals surface area contributed by atoms with Gasteiger partial charge in [-0.25, -0.2) is 4.79 Å². The normalized spacial score (nSPS) is 10.1. The Morgan fingerprint density at radius 2 is 1.23 bits per heavy atom. The zero-order chi connectivity index (χ0) is 23.3. The lowest BCUT2D eigenvalue weighted by atomic mass is 10.0. The van der Waals surface area contributed by atoms with Crippen LogP contribution in [0.15, 0.2) is 24.3 Å². The second kappa shape index (κ2) is 19.3. The summed E-state index contributed by atoms with van der Waals surface area (Å²) < 4.78 is 4.24. The predicted molar refractivity (Wildman–Crippen MR) is 120 cm³/mol. The fourth-order valence-corrected chi connectivity index (χ4v) is 3.03. The topological polar surface area (TPSA) is 127 Å². The first-order chi connectivity index (χ1) is 14.9. The van der Waals surface area contributed by atoms with Crippen molar-refractivity contribution in [3.05, 3.63) is 34.4 Å². The lowest BCUT2D eigenvalue weighted by molar-refractivity contribution is -0.384. The van der Waals surface area contributed by atoms with Crippen LogP contribution >= 0.6 is 0 Å². The molecule has 31 heavy (non-hydrogen) atoms. The lowest BCUT2D eigenvalue weighted by Crippen LogP contribution is -2.02. The highest BCUT2D eigenvalue weighted by Gasteiger charge is 2.06. The van der Waals surface area contributed by atoms with Gasteiger partial charge in [0.1, 0.15) is 5.75 Å². The van der Waals surface area contributed by atoms with E-state index in [2.05, 4.69) is 11.7 Å². The van der Waals surface area contributed by atoms with Crippen molar-refractivity contribution in [3.63, 3.8) is 0 Å². The third kappa shape index (κ3) is 19.1. The van der Waals surface area contributed by atoms with E-state index in [-0.39, 0.29) is 11.4 Å². The first-order valence-electron chi connectivity index (χ1n) is 11.2. The summed E-state index contributed by atoms with van der Waals surface area (Å²) in [4.78, 5) is 29.9. The lowest BCUT2D eigenvalue weighted by Gasteiger charge is -2.02. The van der Waals surface area contributed by atoms with Crippen LogP contribution in [0.25, 0.3) is 0 Å². The van der Waals surface area contributed by atoms with E-state index in [9.17, 15) is 19.7 Å². The molecule has 0 saturated carbocycles. The Morgan fingerprint density at radius 1 is 0.806 bits per heavy atom. The SMILES string of the molecule is CCCCCCCCCCCCCCCC(=O)O.O=C(O)Oc1ccc([N+](=O)[O-])cc1. The van der Waals surface area contributed by atoms with Crippen LogP contribution < -0.4 is 4.74 Å². The number of nitro benzene ring substituents is 1. The quantitative estimate of drug-likeness (QED) is 0.0916.